The average molecular weight is 302 g/mol. The van der Waals surface area contributed by atoms with Crippen molar-refractivity contribution in [2.24, 2.45) is 0 Å². The molecule has 7 heteroatoms. The molecule has 0 fully saturated rings. The third-order valence-electron chi connectivity index (χ3n) is 2.84. The van der Waals surface area contributed by atoms with Crippen molar-refractivity contribution >= 4 is 22.3 Å². The molecule has 1 aromatic carbocycles. The van der Waals surface area contributed by atoms with Crippen LogP contribution in [0.5, 0.6) is 5.75 Å². The zero-order valence-corrected chi connectivity index (χ0v) is 11.5. The fourth-order valence-electron chi connectivity index (χ4n) is 1.81. The summed E-state index contributed by atoms with van der Waals surface area (Å²) in [5.41, 5.74) is 0.574. The van der Waals surface area contributed by atoms with Crippen molar-refractivity contribution in [3.8, 4) is 5.75 Å². The van der Waals surface area contributed by atoms with Crippen molar-refractivity contribution in [1.82, 2.24) is 9.38 Å². The largest absolute Gasteiger partial charge is 0.487 e. The third-order valence-corrected chi connectivity index (χ3v) is 3.60. The van der Waals surface area contributed by atoms with Gasteiger partial charge in [-0.05, 0) is 24.3 Å². The lowest BCUT2D eigenvalue weighted by Gasteiger charge is -2.06. The molecule has 0 aliphatic heterocycles. The SMILES string of the molecule is O=C(O)c1ccc(OCc2cc(=O)n3ccsc3n2)cc1. The highest BCUT2D eigenvalue weighted by atomic mass is 32.1. The second kappa shape index (κ2) is 5.37. The number of nitrogens with zero attached hydrogens (tertiary/aromatic N) is 2. The van der Waals surface area contributed by atoms with Crippen molar-refractivity contribution in [2.75, 3.05) is 0 Å². The zero-order chi connectivity index (χ0) is 14.8. The Balaban J connectivity index is 1.76. The van der Waals surface area contributed by atoms with Gasteiger partial charge >= 0.3 is 5.97 Å². The fraction of sp³-hybridized carbons (Fsp3) is 0.0714. The van der Waals surface area contributed by atoms with Crippen molar-refractivity contribution in [3.63, 3.8) is 0 Å². The molecule has 6 nitrogen and oxygen atoms in total. The lowest BCUT2D eigenvalue weighted by molar-refractivity contribution is 0.0697. The minimum Gasteiger partial charge on any atom is -0.487 e. The van der Waals surface area contributed by atoms with E-state index in [1.807, 2.05) is 0 Å². The molecule has 0 aliphatic rings. The molecule has 1 N–H and O–H groups in total. The summed E-state index contributed by atoms with van der Waals surface area (Å²) in [7, 11) is 0. The molecular formula is C14H10N2O4S. The van der Waals surface area contributed by atoms with Gasteiger partial charge in [0.15, 0.2) is 4.96 Å². The molecule has 2 heterocycles. The van der Waals surface area contributed by atoms with E-state index in [4.69, 9.17) is 9.84 Å². The van der Waals surface area contributed by atoms with Crippen LogP contribution in [-0.4, -0.2) is 20.5 Å². The summed E-state index contributed by atoms with van der Waals surface area (Å²) in [4.78, 5) is 27.5. The Hall–Kier alpha value is -2.67. The van der Waals surface area contributed by atoms with Gasteiger partial charge in [0.05, 0.1) is 11.3 Å². The predicted octanol–water partition coefficient (Wildman–Crippen LogP) is 2.03. The molecule has 0 radical (unpaired) electrons. The smallest absolute Gasteiger partial charge is 0.335 e. The van der Waals surface area contributed by atoms with Crippen LogP contribution in [0.4, 0.5) is 0 Å². The second-order valence-electron chi connectivity index (χ2n) is 4.26. The van der Waals surface area contributed by atoms with Crippen LogP contribution in [0, 0.1) is 0 Å². The van der Waals surface area contributed by atoms with Gasteiger partial charge in [-0.25, -0.2) is 9.78 Å². The van der Waals surface area contributed by atoms with Gasteiger partial charge in [0, 0.05) is 17.6 Å². The van der Waals surface area contributed by atoms with Gasteiger partial charge in [0.2, 0.25) is 0 Å². The molecule has 0 aliphatic carbocycles. The number of aromatic carboxylic acids is 1. The first kappa shape index (κ1) is 13.3. The Morgan fingerprint density at radius 1 is 1.33 bits per heavy atom. The first-order valence-electron chi connectivity index (χ1n) is 6.05. The summed E-state index contributed by atoms with van der Waals surface area (Å²) in [6.07, 6.45) is 1.67. The summed E-state index contributed by atoms with van der Waals surface area (Å²) in [6, 6.07) is 7.48. The number of fused-ring (bicyclic) bond motifs is 1. The van der Waals surface area contributed by atoms with Crippen molar-refractivity contribution in [2.45, 2.75) is 6.61 Å². The number of thiazole rings is 1. The molecular weight excluding hydrogens is 292 g/mol. The number of hydrogen-bond donors (Lipinski definition) is 1. The molecule has 0 bridgehead atoms. The molecule has 21 heavy (non-hydrogen) atoms. The highest BCUT2D eigenvalue weighted by molar-refractivity contribution is 7.15. The monoisotopic (exact) mass is 302 g/mol. The summed E-state index contributed by atoms with van der Waals surface area (Å²) < 4.78 is 6.98. The van der Waals surface area contributed by atoms with E-state index in [1.54, 1.807) is 23.7 Å². The highest BCUT2D eigenvalue weighted by Crippen LogP contribution is 2.14. The van der Waals surface area contributed by atoms with Crippen LogP contribution in [0.2, 0.25) is 0 Å². The van der Waals surface area contributed by atoms with Crippen LogP contribution in [0.3, 0.4) is 0 Å². The Morgan fingerprint density at radius 3 is 2.81 bits per heavy atom. The van der Waals surface area contributed by atoms with Gasteiger partial charge in [-0.3, -0.25) is 9.20 Å². The zero-order valence-electron chi connectivity index (χ0n) is 10.7. The van der Waals surface area contributed by atoms with E-state index < -0.39 is 5.97 Å². The number of benzene rings is 1. The molecule has 2 aromatic heterocycles. The van der Waals surface area contributed by atoms with Crippen LogP contribution in [-0.2, 0) is 6.61 Å². The topological polar surface area (TPSA) is 80.9 Å². The molecule has 3 rings (SSSR count). The lowest BCUT2D eigenvalue weighted by atomic mass is 10.2. The highest BCUT2D eigenvalue weighted by Gasteiger charge is 2.05. The number of carboxylic acid groups (broad SMARTS) is 1. The summed E-state index contributed by atoms with van der Waals surface area (Å²) in [5.74, 6) is -0.465. The maximum Gasteiger partial charge on any atom is 0.335 e. The van der Waals surface area contributed by atoms with Crippen LogP contribution < -0.4 is 10.3 Å². The second-order valence-corrected chi connectivity index (χ2v) is 5.13. The molecule has 106 valence electrons. The van der Waals surface area contributed by atoms with Gasteiger partial charge in [-0.15, -0.1) is 11.3 Å². The number of aromatic nitrogens is 2. The molecule has 0 saturated heterocycles. The summed E-state index contributed by atoms with van der Waals surface area (Å²) in [6.45, 7) is 0.149. The number of hydrogen-bond acceptors (Lipinski definition) is 5. The van der Waals surface area contributed by atoms with Crippen LogP contribution >= 0.6 is 11.3 Å². The van der Waals surface area contributed by atoms with E-state index in [-0.39, 0.29) is 17.7 Å². The van der Waals surface area contributed by atoms with E-state index in [0.29, 0.717) is 16.4 Å². The molecule has 3 aromatic rings. The fourth-order valence-corrected chi connectivity index (χ4v) is 2.55. The van der Waals surface area contributed by atoms with E-state index >= 15 is 0 Å². The Labute approximate surface area is 122 Å². The van der Waals surface area contributed by atoms with Gasteiger partial charge in [-0.2, -0.15) is 0 Å². The van der Waals surface area contributed by atoms with Gasteiger partial charge in [-0.1, -0.05) is 0 Å². The lowest BCUT2D eigenvalue weighted by Crippen LogP contribution is -2.14. The Bertz CT molecular complexity index is 851. The number of carbonyl (C=O) groups is 1. The standard InChI is InChI=1S/C14H10N2O4S/c17-12-7-10(15-14-16(12)5-6-21-14)8-20-11-3-1-9(2-4-11)13(18)19/h1-7H,8H2,(H,18,19). The average Bonchev–Trinajstić information content (AvgIpc) is 2.94. The summed E-state index contributed by atoms with van der Waals surface area (Å²) in [5, 5.41) is 10.6. The molecule has 0 saturated carbocycles. The minimum absolute atomic E-state index is 0.149. The number of ether oxygens (including phenoxy) is 1. The minimum atomic E-state index is -0.987. The molecule has 0 unspecified atom stereocenters. The van der Waals surface area contributed by atoms with Crippen molar-refractivity contribution in [3.05, 3.63) is 63.5 Å². The van der Waals surface area contributed by atoms with Crippen molar-refractivity contribution in [1.29, 1.82) is 0 Å². The van der Waals surface area contributed by atoms with E-state index in [9.17, 15) is 9.59 Å². The third kappa shape index (κ3) is 2.77. The summed E-state index contributed by atoms with van der Waals surface area (Å²) >= 11 is 1.37. The number of rotatable bonds is 4. The van der Waals surface area contributed by atoms with Crippen LogP contribution in [0.25, 0.3) is 4.96 Å². The maximum absolute atomic E-state index is 11.8. The molecule has 0 atom stereocenters. The quantitative estimate of drug-likeness (QED) is 0.797. The first-order chi connectivity index (χ1) is 10.1. The van der Waals surface area contributed by atoms with Gasteiger partial charge in [0.1, 0.15) is 12.4 Å². The van der Waals surface area contributed by atoms with Crippen molar-refractivity contribution < 1.29 is 14.6 Å². The predicted molar refractivity (Wildman–Crippen MR) is 77.1 cm³/mol. The van der Waals surface area contributed by atoms with Gasteiger partial charge < -0.3 is 9.84 Å². The first-order valence-corrected chi connectivity index (χ1v) is 6.93. The molecule has 0 amide bonds. The van der Waals surface area contributed by atoms with E-state index in [0.717, 1.165) is 0 Å². The maximum atomic E-state index is 11.8. The van der Waals surface area contributed by atoms with E-state index in [2.05, 4.69) is 4.98 Å². The Kier molecular flexibility index (Phi) is 3.41. The van der Waals surface area contributed by atoms with E-state index in [1.165, 1.54) is 33.9 Å². The Morgan fingerprint density at radius 2 is 2.10 bits per heavy atom. The molecule has 0 spiro atoms. The van der Waals surface area contributed by atoms with Crippen LogP contribution in [0.15, 0.2) is 46.7 Å². The number of carboxylic acids is 1. The van der Waals surface area contributed by atoms with Gasteiger partial charge in [0.25, 0.3) is 5.56 Å². The normalized spacial score (nSPS) is 10.7. The van der Waals surface area contributed by atoms with Crippen LogP contribution in [0.1, 0.15) is 16.1 Å².